The number of nitrogens with zero attached hydrogens (tertiary/aromatic N) is 2. The molecule has 5 nitrogen and oxygen atoms in total. The highest BCUT2D eigenvalue weighted by Crippen LogP contribution is 2.24. The summed E-state index contributed by atoms with van der Waals surface area (Å²) in [6.45, 7) is 0. The monoisotopic (exact) mass is 344 g/mol. The quantitative estimate of drug-likeness (QED) is 0.559. The van der Waals surface area contributed by atoms with Crippen molar-refractivity contribution in [3.05, 3.63) is 52.5 Å². The van der Waals surface area contributed by atoms with Gasteiger partial charge in [0, 0.05) is 0 Å². The standard InChI is InChI=1S/C15H13BrN4O/c1-21-14-7-6-10(8-11(14)16)9-17-20-15-18-12-4-2-3-5-13(12)19-15/h2-9H,1H3,(H2,18,19,20)/b17-9-. The highest BCUT2D eigenvalue weighted by Gasteiger charge is 2.01. The third kappa shape index (κ3) is 3.05. The Morgan fingerprint density at radius 3 is 2.90 bits per heavy atom. The van der Waals surface area contributed by atoms with Crippen molar-refractivity contribution in [3.63, 3.8) is 0 Å². The van der Waals surface area contributed by atoms with E-state index in [1.165, 1.54) is 0 Å². The van der Waals surface area contributed by atoms with Crippen molar-refractivity contribution < 1.29 is 4.74 Å². The molecule has 2 N–H and O–H groups in total. The summed E-state index contributed by atoms with van der Waals surface area (Å²) in [4.78, 5) is 7.53. The number of benzene rings is 2. The van der Waals surface area contributed by atoms with E-state index in [0.29, 0.717) is 5.95 Å². The van der Waals surface area contributed by atoms with Crippen LogP contribution in [0.4, 0.5) is 5.95 Å². The van der Waals surface area contributed by atoms with Gasteiger partial charge in [-0.1, -0.05) is 12.1 Å². The molecule has 6 heteroatoms. The first-order chi connectivity index (χ1) is 10.3. The van der Waals surface area contributed by atoms with Gasteiger partial charge in [0.1, 0.15) is 5.75 Å². The Bertz CT molecular complexity index is 764. The number of anilines is 1. The van der Waals surface area contributed by atoms with E-state index < -0.39 is 0 Å². The van der Waals surface area contributed by atoms with Crippen molar-refractivity contribution in [1.29, 1.82) is 0 Å². The van der Waals surface area contributed by atoms with E-state index >= 15 is 0 Å². The van der Waals surface area contributed by atoms with Gasteiger partial charge in [0.2, 0.25) is 5.95 Å². The average molecular weight is 345 g/mol. The van der Waals surface area contributed by atoms with Gasteiger partial charge in [0.25, 0.3) is 0 Å². The number of aromatic amines is 1. The molecule has 0 aliphatic heterocycles. The number of rotatable bonds is 4. The van der Waals surface area contributed by atoms with Crippen LogP contribution < -0.4 is 10.2 Å². The minimum absolute atomic E-state index is 0.611. The maximum Gasteiger partial charge on any atom is 0.222 e. The molecule has 0 spiro atoms. The number of H-pyrrole nitrogens is 1. The van der Waals surface area contributed by atoms with E-state index in [4.69, 9.17) is 4.74 Å². The van der Waals surface area contributed by atoms with Crippen molar-refractivity contribution >= 4 is 39.1 Å². The first-order valence-corrected chi connectivity index (χ1v) is 7.13. The Labute approximate surface area is 130 Å². The number of methoxy groups -OCH3 is 1. The molecule has 0 aliphatic rings. The van der Waals surface area contributed by atoms with Crippen molar-refractivity contribution in [1.82, 2.24) is 9.97 Å². The fourth-order valence-electron chi connectivity index (χ4n) is 1.94. The van der Waals surface area contributed by atoms with Gasteiger partial charge in [-0.2, -0.15) is 5.10 Å². The molecule has 106 valence electrons. The number of hydrogen-bond acceptors (Lipinski definition) is 4. The number of nitrogens with one attached hydrogen (secondary N) is 2. The Kier molecular flexibility index (Phi) is 3.87. The van der Waals surface area contributed by atoms with Crippen LogP contribution in [0.3, 0.4) is 0 Å². The number of hydrogen-bond donors (Lipinski definition) is 2. The van der Waals surface area contributed by atoms with Crippen LogP contribution in [0.5, 0.6) is 5.75 Å². The Balaban J connectivity index is 1.73. The van der Waals surface area contributed by atoms with Gasteiger partial charge < -0.3 is 9.72 Å². The summed E-state index contributed by atoms with van der Waals surface area (Å²) >= 11 is 3.44. The summed E-state index contributed by atoms with van der Waals surface area (Å²) in [6, 6.07) is 13.6. The molecule has 2 aromatic carbocycles. The average Bonchev–Trinajstić information content (AvgIpc) is 2.90. The molecule has 1 heterocycles. The summed E-state index contributed by atoms with van der Waals surface area (Å²) < 4.78 is 6.07. The summed E-state index contributed by atoms with van der Waals surface area (Å²) in [5.74, 6) is 1.40. The number of ether oxygens (including phenoxy) is 1. The van der Waals surface area contributed by atoms with E-state index in [9.17, 15) is 0 Å². The molecule has 0 fully saturated rings. The fraction of sp³-hybridized carbons (Fsp3) is 0.0667. The lowest BCUT2D eigenvalue weighted by molar-refractivity contribution is 0.412. The first kappa shape index (κ1) is 13.6. The molecule has 21 heavy (non-hydrogen) atoms. The van der Waals surface area contributed by atoms with Crippen LogP contribution >= 0.6 is 15.9 Å². The topological polar surface area (TPSA) is 62.3 Å². The molecular formula is C15H13BrN4O. The highest BCUT2D eigenvalue weighted by atomic mass is 79.9. The molecule has 0 saturated heterocycles. The number of halogens is 1. The zero-order valence-corrected chi connectivity index (χ0v) is 12.9. The minimum Gasteiger partial charge on any atom is -0.496 e. The largest absolute Gasteiger partial charge is 0.496 e. The highest BCUT2D eigenvalue weighted by molar-refractivity contribution is 9.10. The van der Waals surface area contributed by atoms with E-state index in [1.54, 1.807) is 13.3 Å². The van der Waals surface area contributed by atoms with E-state index in [1.807, 2.05) is 42.5 Å². The normalized spacial score (nSPS) is 11.1. The number of para-hydroxylation sites is 2. The molecule has 0 saturated carbocycles. The van der Waals surface area contributed by atoms with E-state index in [0.717, 1.165) is 26.8 Å². The second kappa shape index (κ2) is 5.97. The van der Waals surface area contributed by atoms with Crippen LogP contribution in [-0.4, -0.2) is 23.3 Å². The summed E-state index contributed by atoms with van der Waals surface area (Å²) in [6.07, 6.45) is 1.72. The second-order valence-corrected chi connectivity index (χ2v) is 5.22. The molecule has 0 unspecified atom stereocenters. The Hall–Kier alpha value is -2.34. The van der Waals surface area contributed by atoms with Crippen molar-refractivity contribution in [2.75, 3.05) is 12.5 Å². The van der Waals surface area contributed by atoms with Crippen molar-refractivity contribution in [2.45, 2.75) is 0 Å². The fourth-order valence-corrected chi connectivity index (χ4v) is 2.50. The number of aromatic nitrogens is 2. The predicted molar refractivity (Wildman–Crippen MR) is 88.0 cm³/mol. The van der Waals surface area contributed by atoms with Crippen LogP contribution in [0.25, 0.3) is 11.0 Å². The third-order valence-electron chi connectivity index (χ3n) is 2.95. The molecule has 0 aliphatic carbocycles. The van der Waals surface area contributed by atoms with E-state index in [-0.39, 0.29) is 0 Å². The van der Waals surface area contributed by atoms with Gasteiger partial charge in [-0.25, -0.2) is 10.4 Å². The Morgan fingerprint density at radius 1 is 1.29 bits per heavy atom. The van der Waals surface area contributed by atoms with Gasteiger partial charge in [0.15, 0.2) is 0 Å². The molecule has 0 amide bonds. The first-order valence-electron chi connectivity index (χ1n) is 6.33. The molecule has 1 aromatic heterocycles. The summed E-state index contributed by atoms with van der Waals surface area (Å²) in [5, 5.41) is 4.17. The lowest BCUT2D eigenvalue weighted by Gasteiger charge is -2.02. The molecule has 0 bridgehead atoms. The lowest BCUT2D eigenvalue weighted by Crippen LogP contribution is -1.93. The zero-order valence-electron chi connectivity index (χ0n) is 11.3. The van der Waals surface area contributed by atoms with Crippen LogP contribution in [0.2, 0.25) is 0 Å². The van der Waals surface area contributed by atoms with Crippen LogP contribution in [0.15, 0.2) is 52.0 Å². The Morgan fingerprint density at radius 2 is 2.14 bits per heavy atom. The van der Waals surface area contributed by atoms with Gasteiger partial charge in [-0.05, 0) is 51.8 Å². The molecule has 3 rings (SSSR count). The van der Waals surface area contributed by atoms with Crippen molar-refractivity contribution in [2.24, 2.45) is 5.10 Å². The maximum atomic E-state index is 5.19. The SMILES string of the molecule is COc1ccc(/C=N\Nc2nc3ccccc3[nH]2)cc1Br. The zero-order chi connectivity index (χ0) is 14.7. The third-order valence-corrected chi connectivity index (χ3v) is 3.57. The van der Waals surface area contributed by atoms with Gasteiger partial charge >= 0.3 is 0 Å². The molecule has 0 radical (unpaired) electrons. The van der Waals surface area contributed by atoms with E-state index in [2.05, 4.69) is 36.4 Å². The lowest BCUT2D eigenvalue weighted by atomic mass is 10.2. The van der Waals surface area contributed by atoms with Gasteiger partial charge in [0.05, 0.1) is 28.8 Å². The molecule has 3 aromatic rings. The van der Waals surface area contributed by atoms with Crippen molar-refractivity contribution in [3.8, 4) is 5.75 Å². The minimum atomic E-state index is 0.611. The van der Waals surface area contributed by atoms with Gasteiger partial charge in [-0.3, -0.25) is 0 Å². The molecular weight excluding hydrogens is 332 g/mol. The summed E-state index contributed by atoms with van der Waals surface area (Å²) in [5.41, 5.74) is 5.72. The second-order valence-electron chi connectivity index (χ2n) is 4.37. The van der Waals surface area contributed by atoms with Gasteiger partial charge in [-0.15, -0.1) is 0 Å². The predicted octanol–water partition coefficient (Wildman–Crippen LogP) is 3.78. The summed E-state index contributed by atoms with van der Waals surface area (Å²) in [7, 11) is 1.64. The maximum absolute atomic E-state index is 5.19. The smallest absolute Gasteiger partial charge is 0.222 e. The molecule has 0 atom stereocenters. The number of imidazole rings is 1. The van der Waals surface area contributed by atoms with Crippen LogP contribution in [0, 0.1) is 0 Å². The number of fused-ring (bicyclic) bond motifs is 1. The van der Waals surface area contributed by atoms with Crippen LogP contribution in [-0.2, 0) is 0 Å². The van der Waals surface area contributed by atoms with Crippen LogP contribution in [0.1, 0.15) is 5.56 Å². The number of hydrazone groups is 1.